The quantitative estimate of drug-likeness (QED) is 0.232. The first-order valence-corrected chi connectivity index (χ1v) is 14.7. The number of rotatable bonds is 13. The standard InChI is InChI=1S/C32H37N3O4S/c1-3-4-5-9-22-39-28-18-14-26(15-19-28)33-31(37)29-23-30(36)35(21-20-24-12-16-27(38-2)17-13-24)32(40-29)34-25-10-7-6-8-11-25/h6-8,10-19,29H,3-5,9,20-23H2,1-2H3,(H,33,37)/t29-/m0/s1. The highest BCUT2D eigenvalue weighted by atomic mass is 32.2. The lowest BCUT2D eigenvalue weighted by Crippen LogP contribution is -2.46. The molecule has 0 spiro atoms. The lowest BCUT2D eigenvalue weighted by Gasteiger charge is -2.32. The summed E-state index contributed by atoms with van der Waals surface area (Å²) in [5, 5.41) is 2.91. The van der Waals surface area contributed by atoms with E-state index in [-0.39, 0.29) is 18.2 Å². The number of thioether (sulfide) groups is 1. The van der Waals surface area contributed by atoms with Crippen LogP contribution in [0.2, 0.25) is 0 Å². The monoisotopic (exact) mass is 559 g/mol. The van der Waals surface area contributed by atoms with Crippen molar-refractivity contribution in [3.05, 3.63) is 84.4 Å². The summed E-state index contributed by atoms with van der Waals surface area (Å²) < 4.78 is 11.0. The van der Waals surface area contributed by atoms with Crippen molar-refractivity contribution >= 4 is 40.1 Å². The summed E-state index contributed by atoms with van der Waals surface area (Å²) in [6, 6.07) is 24.7. The molecule has 40 heavy (non-hydrogen) atoms. The third-order valence-corrected chi connectivity index (χ3v) is 7.77. The molecule has 3 aromatic rings. The number of aliphatic imine (C=N–C) groups is 1. The number of hydrogen-bond donors (Lipinski definition) is 1. The van der Waals surface area contributed by atoms with Crippen LogP contribution in [-0.4, -0.2) is 47.4 Å². The van der Waals surface area contributed by atoms with E-state index in [4.69, 9.17) is 14.5 Å². The molecule has 210 valence electrons. The molecule has 8 heteroatoms. The maximum Gasteiger partial charge on any atom is 0.238 e. The van der Waals surface area contributed by atoms with E-state index in [0.717, 1.165) is 35.6 Å². The summed E-state index contributed by atoms with van der Waals surface area (Å²) in [4.78, 5) is 33.0. The molecule has 0 aliphatic carbocycles. The van der Waals surface area contributed by atoms with Crippen LogP contribution in [-0.2, 0) is 16.0 Å². The predicted molar refractivity (Wildman–Crippen MR) is 163 cm³/mol. The van der Waals surface area contributed by atoms with E-state index in [1.807, 2.05) is 78.9 Å². The van der Waals surface area contributed by atoms with Crippen LogP contribution < -0.4 is 14.8 Å². The van der Waals surface area contributed by atoms with Crippen molar-refractivity contribution in [3.8, 4) is 11.5 Å². The van der Waals surface area contributed by atoms with Gasteiger partial charge in [0.15, 0.2) is 5.17 Å². The van der Waals surface area contributed by atoms with E-state index in [1.165, 1.54) is 24.6 Å². The minimum atomic E-state index is -0.582. The van der Waals surface area contributed by atoms with E-state index in [2.05, 4.69) is 12.2 Å². The van der Waals surface area contributed by atoms with E-state index >= 15 is 0 Å². The molecule has 2 amide bonds. The average molecular weight is 560 g/mol. The molecular formula is C32H37N3O4S. The Hall–Kier alpha value is -3.78. The number of ether oxygens (including phenoxy) is 2. The first kappa shape index (κ1) is 29.2. The highest BCUT2D eigenvalue weighted by molar-refractivity contribution is 8.15. The van der Waals surface area contributed by atoms with Crippen molar-refractivity contribution in [1.29, 1.82) is 0 Å². The van der Waals surface area contributed by atoms with Gasteiger partial charge in [-0.05, 0) is 66.9 Å². The maximum atomic E-state index is 13.3. The maximum absolute atomic E-state index is 13.3. The van der Waals surface area contributed by atoms with Crippen LogP contribution in [0.1, 0.15) is 44.6 Å². The lowest BCUT2D eigenvalue weighted by molar-refractivity contribution is -0.129. The Bertz CT molecular complexity index is 1260. The fourth-order valence-corrected chi connectivity index (χ4v) is 5.41. The zero-order valence-corrected chi connectivity index (χ0v) is 24.0. The second-order valence-electron chi connectivity index (χ2n) is 9.61. The molecule has 1 aliphatic heterocycles. The van der Waals surface area contributed by atoms with Gasteiger partial charge in [-0.2, -0.15) is 0 Å². The summed E-state index contributed by atoms with van der Waals surface area (Å²) in [5.74, 6) is 1.23. The van der Waals surface area contributed by atoms with Gasteiger partial charge in [0.2, 0.25) is 11.8 Å². The van der Waals surface area contributed by atoms with Gasteiger partial charge in [-0.1, -0.05) is 68.3 Å². The van der Waals surface area contributed by atoms with Crippen molar-refractivity contribution in [1.82, 2.24) is 4.90 Å². The number of anilines is 1. The smallest absolute Gasteiger partial charge is 0.238 e. The van der Waals surface area contributed by atoms with E-state index in [9.17, 15) is 9.59 Å². The second kappa shape index (κ2) is 15.1. The van der Waals surface area contributed by atoms with Crippen molar-refractivity contribution in [2.45, 2.75) is 50.7 Å². The topological polar surface area (TPSA) is 80.2 Å². The normalized spacial score (nSPS) is 16.1. The van der Waals surface area contributed by atoms with Crippen molar-refractivity contribution in [3.63, 3.8) is 0 Å². The minimum absolute atomic E-state index is 0.103. The number of carbonyl (C=O) groups excluding carboxylic acids is 2. The van der Waals surface area contributed by atoms with Crippen LogP contribution in [0.15, 0.2) is 83.9 Å². The van der Waals surface area contributed by atoms with Crippen LogP contribution in [0.25, 0.3) is 0 Å². The van der Waals surface area contributed by atoms with Gasteiger partial charge in [0.05, 0.1) is 19.4 Å². The van der Waals surface area contributed by atoms with Crippen molar-refractivity contribution in [2.24, 2.45) is 4.99 Å². The summed E-state index contributed by atoms with van der Waals surface area (Å²) in [5.41, 5.74) is 2.49. The minimum Gasteiger partial charge on any atom is -0.497 e. The number of carbonyl (C=O) groups is 2. The molecule has 1 saturated heterocycles. The number of nitrogens with one attached hydrogen (secondary N) is 1. The summed E-state index contributed by atoms with van der Waals surface area (Å²) in [7, 11) is 1.64. The Kier molecular flexibility index (Phi) is 11.0. The number of para-hydroxylation sites is 1. The average Bonchev–Trinajstić information content (AvgIpc) is 2.98. The predicted octanol–water partition coefficient (Wildman–Crippen LogP) is 6.86. The fourth-order valence-electron chi connectivity index (χ4n) is 4.28. The number of methoxy groups -OCH3 is 1. The third-order valence-electron chi connectivity index (χ3n) is 6.58. The largest absolute Gasteiger partial charge is 0.497 e. The Labute approximate surface area is 241 Å². The van der Waals surface area contributed by atoms with E-state index in [0.29, 0.717) is 30.4 Å². The number of amides is 2. The Balaban J connectivity index is 1.40. The summed E-state index contributed by atoms with van der Waals surface area (Å²) in [6.07, 6.45) is 5.37. The van der Waals surface area contributed by atoms with E-state index in [1.54, 1.807) is 12.0 Å². The molecular weight excluding hydrogens is 522 g/mol. The van der Waals surface area contributed by atoms with Gasteiger partial charge in [-0.25, -0.2) is 4.99 Å². The Morgan fingerprint density at radius 2 is 1.70 bits per heavy atom. The van der Waals surface area contributed by atoms with Crippen molar-refractivity contribution in [2.75, 3.05) is 25.6 Å². The van der Waals surface area contributed by atoms with Crippen molar-refractivity contribution < 1.29 is 19.1 Å². The number of nitrogens with zero attached hydrogens (tertiary/aromatic N) is 2. The van der Waals surface area contributed by atoms with Crippen LogP contribution in [0.5, 0.6) is 11.5 Å². The zero-order chi connectivity index (χ0) is 28.2. The number of benzene rings is 3. The molecule has 7 nitrogen and oxygen atoms in total. The molecule has 1 N–H and O–H groups in total. The van der Waals surface area contributed by atoms with Gasteiger partial charge in [0.1, 0.15) is 16.7 Å². The fraction of sp³-hybridized carbons (Fsp3) is 0.344. The molecule has 0 unspecified atom stereocenters. The van der Waals surface area contributed by atoms with Crippen LogP contribution in [0.3, 0.4) is 0 Å². The highest BCUT2D eigenvalue weighted by Crippen LogP contribution is 2.30. The number of amidine groups is 1. The van der Waals surface area contributed by atoms with Gasteiger partial charge in [-0.15, -0.1) is 0 Å². The highest BCUT2D eigenvalue weighted by Gasteiger charge is 2.35. The lowest BCUT2D eigenvalue weighted by atomic mass is 10.1. The molecule has 3 aromatic carbocycles. The van der Waals surface area contributed by atoms with Gasteiger partial charge in [0, 0.05) is 18.7 Å². The number of unbranched alkanes of at least 4 members (excludes halogenated alkanes) is 3. The zero-order valence-electron chi connectivity index (χ0n) is 23.2. The molecule has 0 radical (unpaired) electrons. The molecule has 1 aliphatic rings. The first-order valence-electron chi connectivity index (χ1n) is 13.8. The molecule has 1 atom stereocenters. The Morgan fingerprint density at radius 1 is 0.975 bits per heavy atom. The molecule has 1 heterocycles. The van der Waals surface area contributed by atoms with E-state index < -0.39 is 5.25 Å². The third kappa shape index (κ3) is 8.61. The Morgan fingerprint density at radius 3 is 2.40 bits per heavy atom. The van der Waals surface area contributed by atoms with Gasteiger partial charge >= 0.3 is 0 Å². The first-order chi connectivity index (χ1) is 19.6. The number of hydrogen-bond acceptors (Lipinski definition) is 6. The van der Waals surface area contributed by atoms with Gasteiger partial charge in [0.25, 0.3) is 0 Å². The molecule has 0 bridgehead atoms. The summed E-state index contributed by atoms with van der Waals surface area (Å²) in [6.45, 7) is 3.34. The second-order valence-corrected chi connectivity index (χ2v) is 10.8. The molecule has 0 aromatic heterocycles. The SMILES string of the molecule is CCCCCCOc1ccc(NC(=O)[C@@H]2CC(=O)N(CCc3ccc(OC)cc3)C(=Nc3ccccc3)S2)cc1. The van der Waals surface area contributed by atoms with Crippen LogP contribution >= 0.6 is 11.8 Å². The van der Waals surface area contributed by atoms with Crippen LogP contribution in [0, 0.1) is 0 Å². The molecule has 0 saturated carbocycles. The van der Waals surface area contributed by atoms with Crippen LogP contribution in [0.4, 0.5) is 11.4 Å². The molecule has 1 fully saturated rings. The van der Waals surface area contributed by atoms with Gasteiger partial charge < -0.3 is 14.8 Å². The molecule has 4 rings (SSSR count). The summed E-state index contributed by atoms with van der Waals surface area (Å²) >= 11 is 1.33. The van der Waals surface area contributed by atoms with Gasteiger partial charge in [-0.3, -0.25) is 14.5 Å².